The lowest BCUT2D eigenvalue weighted by molar-refractivity contribution is -0.114. The van der Waals surface area contributed by atoms with E-state index >= 15 is 0 Å². The lowest BCUT2D eigenvalue weighted by Crippen LogP contribution is -2.29. The highest BCUT2D eigenvalue weighted by Crippen LogP contribution is 2.13. The quantitative estimate of drug-likeness (QED) is 0.802. The van der Waals surface area contributed by atoms with E-state index in [4.69, 9.17) is 10.00 Å². The Kier molecular flexibility index (Phi) is 5.93. The molecule has 0 heterocycles. The largest absolute Gasteiger partial charge is 0.494 e. The minimum Gasteiger partial charge on any atom is -0.494 e. The van der Waals surface area contributed by atoms with Gasteiger partial charge in [0.2, 0.25) is 0 Å². The highest BCUT2D eigenvalue weighted by atomic mass is 32.2. The minimum atomic E-state index is -4.03. The molecule has 0 spiro atoms. The number of nitrogens with zero attached hydrogens (tertiary/aromatic N) is 1. The number of carbonyl (C=O) groups is 1. The standard InChI is InChI=1S/C18H16N2O4S/c1-2-24-16-9-6-14(7-10-16)8-11-18(21)20-25(22,23)17-5-3-4-15(12-17)13-19/h3-12H,2H2,1H3,(H,20,21)/b11-8+. The van der Waals surface area contributed by atoms with Gasteiger partial charge >= 0.3 is 0 Å². The first-order chi connectivity index (χ1) is 11.9. The van der Waals surface area contributed by atoms with Gasteiger partial charge in [-0.05, 0) is 48.9 Å². The number of carbonyl (C=O) groups excluding carboxylic acids is 1. The van der Waals surface area contributed by atoms with Crippen LogP contribution in [0.2, 0.25) is 0 Å². The molecule has 0 radical (unpaired) electrons. The molecule has 0 unspecified atom stereocenters. The smallest absolute Gasteiger partial charge is 0.264 e. The topological polar surface area (TPSA) is 96.3 Å². The molecular formula is C18H16N2O4S. The summed E-state index contributed by atoms with van der Waals surface area (Å²) < 4.78 is 31.5. The van der Waals surface area contributed by atoms with Crippen molar-refractivity contribution in [2.75, 3.05) is 6.61 Å². The summed E-state index contributed by atoms with van der Waals surface area (Å²) in [6, 6.07) is 14.3. The predicted octanol–water partition coefficient (Wildman–Crippen LogP) is 2.48. The summed E-state index contributed by atoms with van der Waals surface area (Å²) in [7, 11) is -4.03. The maximum absolute atomic E-state index is 12.1. The summed E-state index contributed by atoms with van der Waals surface area (Å²) in [5.74, 6) is -0.0692. The average Bonchev–Trinajstić information content (AvgIpc) is 2.61. The Morgan fingerprint density at radius 3 is 2.60 bits per heavy atom. The van der Waals surface area contributed by atoms with Crippen LogP contribution in [0.5, 0.6) is 5.75 Å². The van der Waals surface area contributed by atoms with Gasteiger partial charge in [0, 0.05) is 6.08 Å². The predicted molar refractivity (Wildman–Crippen MR) is 93.1 cm³/mol. The van der Waals surface area contributed by atoms with Crippen LogP contribution in [0.3, 0.4) is 0 Å². The molecule has 2 aromatic carbocycles. The number of benzene rings is 2. The van der Waals surface area contributed by atoms with E-state index in [2.05, 4.69) is 0 Å². The molecule has 25 heavy (non-hydrogen) atoms. The van der Waals surface area contributed by atoms with Gasteiger partial charge in [0.05, 0.1) is 23.1 Å². The first kappa shape index (κ1) is 18.2. The highest BCUT2D eigenvalue weighted by Gasteiger charge is 2.16. The Labute approximate surface area is 146 Å². The SMILES string of the molecule is CCOc1ccc(/C=C/C(=O)NS(=O)(=O)c2cccc(C#N)c2)cc1. The van der Waals surface area contributed by atoms with E-state index in [1.54, 1.807) is 24.3 Å². The van der Waals surface area contributed by atoms with Crippen molar-refractivity contribution in [3.05, 3.63) is 65.7 Å². The third-order valence-corrected chi connectivity index (χ3v) is 4.47. The maximum atomic E-state index is 12.1. The molecule has 0 fully saturated rings. The molecule has 2 aromatic rings. The van der Waals surface area contributed by atoms with Gasteiger partial charge in [-0.1, -0.05) is 18.2 Å². The van der Waals surface area contributed by atoms with Gasteiger partial charge in [-0.2, -0.15) is 5.26 Å². The monoisotopic (exact) mass is 356 g/mol. The van der Waals surface area contributed by atoms with Gasteiger partial charge < -0.3 is 4.74 Å². The maximum Gasteiger partial charge on any atom is 0.264 e. The summed E-state index contributed by atoms with van der Waals surface area (Å²) in [5.41, 5.74) is 0.919. The second-order valence-electron chi connectivity index (χ2n) is 4.94. The van der Waals surface area contributed by atoms with Gasteiger partial charge in [0.15, 0.2) is 0 Å². The average molecular weight is 356 g/mol. The fourth-order valence-electron chi connectivity index (χ4n) is 1.97. The number of hydrogen-bond donors (Lipinski definition) is 1. The fourth-order valence-corrected chi connectivity index (χ4v) is 2.96. The van der Waals surface area contributed by atoms with Crippen LogP contribution in [-0.4, -0.2) is 20.9 Å². The molecule has 1 N–H and O–H groups in total. The van der Waals surface area contributed by atoms with Crippen molar-refractivity contribution in [2.45, 2.75) is 11.8 Å². The lowest BCUT2D eigenvalue weighted by atomic mass is 10.2. The summed E-state index contributed by atoms with van der Waals surface area (Å²) in [6.45, 7) is 2.44. The van der Waals surface area contributed by atoms with Crippen LogP contribution in [0.1, 0.15) is 18.1 Å². The van der Waals surface area contributed by atoms with Gasteiger partial charge in [0.25, 0.3) is 15.9 Å². The molecule has 0 bridgehead atoms. The number of amides is 1. The van der Waals surface area contributed by atoms with Crippen LogP contribution in [0, 0.1) is 11.3 Å². The second-order valence-corrected chi connectivity index (χ2v) is 6.63. The number of nitriles is 1. The Balaban J connectivity index is 2.06. The normalized spacial score (nSPS) is 11.0. The van der Waals surface area contributed by atoms with Crippen LogP contribution in [0.25, 0.3) is 6.08 Å². The Hall–Kier alpha value is -3.11. The van der Waals surface area contributed by atoms with Crippen molar-refractivity contribution >= 4 is 22.0 Å². The zero-order valence-electron chi connectivity index (χ0n) is 13.5. The van der Waals surface area contributed by atoms with Crippen LogP contribution in [-0.2, 0) is 14.8 Å². The summed E-state index contributed by atoms with van der Waals surface area (Å²) >= 11 is 0. The van der Waals surface area contributed by atoms with Crippen LogP contribution in [0.4, 0.5) is 0 Å². The first-order valence-corrected chi connectivity index (χ1v) is 8.91. The molecule has 0 aliphatic rings. The van der Waals surface area contributed by atoms with Gasteiger partial charge in [-0.3, -0.25) is 4.79 Å². The van der Waals surface area contributed by atoms with E-state index < -0.39 is 15.9 Å². The Morgan fingerprint density at radius 1 is 1.24 bits per heavy atom. The second kappa shape index (κ2) is 8.13. The van der Waals surface area contributed by atoms with E-state index in [1.165, 1.54) is 30.3 Å². The molecule has 1 amide bonds. The molecule has 7 heteroatoms. The molecule has 6 nitrogen and oxygen atoms in total. The van der Waals surface area contributed by atoms with E-state index in [1.807, 2.05) is 17.7 Å². The van der Waals surface area contributed by atoms with Crippen molar-refractivity contribution in [3.63, 3.8) is 0 Å². The third-order valence-electron chi connectivity index (χ3n) is 3.13. The van der Waals surface area contributed by atoms with Gasteiger partial charge in [-0.25, -0.2) is 13.1 Å². The fraction of sp³-hybridized carbons (Fsp3) is 0.111. The number of sulfonamides is 1. The molecule has 2 rings (SSSR count). The summed E-state index contributed by atoms with van der Waals surface area (Å²) in [5, 5.41) is 8.82. The molecule has 0 saturated carbocycles. The van der Waals surface area contributed by atoms with Crippen molar-refractivity contribution in [2.24, 2.45) is 0 Å². The number of rotatable bonds is 6. The lowest BCUT2D eigenvalue weighted by Gasteiger charge is -2.05. The van der Waals surface area contributed by atoms with Crippen LogP contribution < -0.4 is 9.46 Å². The van der Waals surface area contributed by atoms with Crippen molar-refractivity contribution in [3.8, 4) is 11.8 Å². The molecule has 0 saturated heterocycles. The molecule has 0 aromatic heterocycles. The summed E-state index contributed by atoms with van der Waals surface area (Å²) in [4.78, 5) is 11.7. The zero-order chi connectivity index (χ0) is 18.3. The van der Waals surface area contributed by atoms with E-state index in [0.29, 0.717) is 12.4 Å². The highest BCUT2D eigenvalue weighted by molar-refractivity contribution is 7.90. The van der Waals surface area contributed by atoms with Crippen LogP contribution in [0.15, 0.2) is 59.5 Å². The van der Waals surface area contributed by atoms with Crippen molar-refractivity contribution < 1.29 is 17.9 Å². The van der Waals surface area contributed by atoms with Crippen molar-refractivity contribution in [1.82, 2.24) is 4.72 Å². The molecule has 0 aliphatic heterocycles. The minimum absolute atomic E-state index is 0.144. The number of hydrogen-bond acceptors (Lipinski definition) is 5. The zero-order valence-corrected chi connectivity index (χ0v) is 14.3. The van der Waals surface area contributed by atoms with E-state index in [-0.39, 0.29) is 10.5 Å². The van der Waals surface area contributed by atoms with Gasteiger partial charge in [-0.15, -0.1) is 0 Å². The molecule has 0 atom stereocenters. The Bertz CT molecular complexity index is 926. The first-order valence-electron chi connectivity index (χ1n) is 7.42. The van der Waals surface area contributed by atoms with Crippen molar-refractivity contribution in [1.29, 1.82) is 5.26 Å². The number of nitrogens with one attached hydrogen (secondary N) is 1. The summed E-state index contributed by atoms with van der Waals surface area (Å²) in [6.07, 6.45) is 2.62. The van der Waals surface area contributed by atoms with Gasteiger partial charge in [0.1, 0.15) is 5.75 Å². The van der Waals surface area contributed by atoms with E-state index in [9.17, 15) is 13.2 Å². The van der Waals surface area contributed by atoms with E-state index in [0.717, 1.165) is 11.6 Å². The molecular weight excluding hydrogens is 340 g/mol. The molecule has 0 aliphatic carbocycles. The van der Waals surface area contributed by atoms with Crippen LogP contribution >= 0.6 is 0 Å². The molecule has 128 valence electrons. The Morgan fingerprint density at radius 2 is 1.96 bits per heavy atom. The number of ether oxygens (including phenoxy) is 1. The third kappa shape index (κ3) is 5.19.